The molecule has 31 heavy (non-hydrogen) atoms. The summed E-state index contributed by atoms with van der Waals surface area (Å²) >= 11 is 0. The Morgan fingerprint density at radius 1 is 0.903 bits per heavy atom. The van der Waals surface area contributed by atoms with Crippen LogP contribution in [-0.4, -0.2) is 27.1 Å². The van der Waals surface area contributed by atoms with Gasteiger partial charge in [-0.2, -0.15) is 0 Å². The van der Waals surface area contributed by atoms with Gasteiger partial charge in [0.25, 0.3) is 5.91 Å². The summed E-state index contributed by atoms with van der Waals surface area (Å²) in [6.07, 6.45) is 1.63. The van der Waals surface area contributed by atoms with E-state index in [1.807, 2.05) is 0 Å². The topological polar surface area (TPSA) is 66.5 Å². The molecule has 5 nitrogen and oxygen atoms in total. The van der Waals surface area contributed by atoms with Crippen LogP contribution in [0.25, 0.3) is 0 Å². The van der Waals surface area contributed by atoms with Crippen molar-refractivity contribution < 1.29 is 22.0 Å². The summed E-state index contributed by atoms with van der Waals surface area (Å²) in [6.45, 7) is 0.405. The summed E-state index contributed by atoms with van der Waals surface area (Å²) in [6, 6.07) is 18.0. The average Bonchev–Trinajstić information content (AvgIpc) is 2.73. The molecule has 0 radical (unpaired) electrons. The molecule has 0 saturated heterocycles. The third kappa shape index (κ3) is 6.36. The zero-order valence-electron chi connectivity index (χ0n) is 16.9. The predicted molar refractivity (Wildman–Crippen MR) is 116 cm³/mol. The van der Waals surface area contributed by atoms with Crippen LogP contribution in [-0.2, 0) is 23.0 Å². The lowest BCUT2D eigenvalue weighted by atomic mass is 10.1. The van der Waals surface area contributed by atoms with E-state index in [4.69, 9.17) is 0 Å². The molecule has 1 N–H and O–H groups in total. The fourth-order valence-corrected chi connectivity index (χ4v) is 3.91. The largest absolute Gasteiger partial charge is 0.352 e. The van der Waals surface area contributed by atoms with Gasteiger partial charge in [0, 0.05) is 12.1 Å². The number of amides is 1. The molecule has 0 atom stereocenters. The highest BCUT2D eigenvalue weighted by atomic mass is 32.2. The molecule has 0 aliphatic carbocycles. The molecule has 8 heteroatoms. The molecule has 0 spiro atoms. The number of benzene rings is 3. The van der Waals surface area contributed by atoms with E-state index in [9.17, 15) is 22.0 Å². The highest BCUT2D eigenvalue weighted by Gasteiger charge is 2.18. The van der Waals surface area contributed by atoms with Gasteiger partial charge in [0.15, 0.2) is 0 Å². The Hall–Kier alpha value is -3.26. The second-order valence-corrected chi connectivity index (χ2v) is 8.99. The van der Waals surface area contributed by atoms with E-state index in [0.29, 0.717) is 24.1 Å². The van der Waals surface area contributed by atoms with Crippen LogP contribution in [0.2, 0.25) is 0 Å². The van der Waals surface area contributed by atoms with E-state index < -0.39 is 15.8 Å². The maximum absolute atomic E-state index is 13.5. The summed E-state index contributed by atoms with van der Waals surface area (Å²) in [4.78, 5) is 12.3. The van der Waals surface area contributed by atoms with E-state index in [1.54, 1.807) is 36.4 Å². The molecule has 0 fully saturated rings. The molecule has 0 aromatic heterocycles. The fraction of sp³-hybridized carbons (Fsp3) is 0.174. The van der Waals surface area contributed by atoms with Crippen molar-refractivity contribution in [3.05, 3.63) is 101 Å². The first-order chi connectivity index (χ1) is 14.7. The van der Waals surface area contributed by atoms with E-state index >= 15 is 0 Å². The van der Waals surface area contributed by atoms with E-state index in [2.05, 4.69) is 5.32 Å². The van der Waals surface area contributed by atoms with Gasteiger partial charge in [-0.15, -0.1) is 0 Å². The van der Waals surface area contributed by atoms with Crippen molar-refractivity contribution in [2.24, 2.45) is 0 Å². The van der Waals surface area contributed by atoms with Crippen LogP contribution in [0.5, 0.6) is 0 Å². The Balaban J connectivity index is 1.63. The minimum absolute atomic E-state index is 0.00868. The Labute approximate surface area is 180 Å². The van der Waals surface area contributed by atoms with Gasteiger partial charge in [-0.3, -0.25) is 9.10 Å². The van der Waals surface area contributed by atoms with E-state index in [-0.39, 0.29) is 24.0 Å². The van der Waals surface area contributed by atoms with Gasteiger partial charge in [-0.1, -0.05) is 30.3 Å². The molecule has 0 aliphatic rings. The molecule has 3 rings (SSSR count). The van der Waals surface area contributed by atoms with Gasteiger partial charge in [0.1, 0.15) is 11.6 Å². The Morgan fingerprint density at radius 3 is 2.16 bits per heavy atom. The van der Waals surface area contributed by atoms with Crippen LogP contribution >= 0.6 is 0 Å². The summed E-state index contributed by atoms with van der Waals surface area (Å²) in [7, 11) is -3.64. The molecular weight excluding hydrogens is 422 g/mol. The van der Waals surface area contributed by atoms with E-state index in [0.717, 1.165) is 22.2 Å². The lowest BCUT2D eigenvalue weighted by molar-refractivity contribution is 0.0954. The number of halogens is 2. The molecule has 0 unspecified atom stereocenters. The Bertz CT molecular complexity index is 1150. The van der Waals surface area contributed by atoms with E-state index in [1.165, 1.54) is 30.3 Å². The summed E-state index contributed by atoms with van der Waals surface area (Å²) in [5.41, 5.74) is 2.22. The molecule has 1 amide bonds. The van der Waals surface area contributed by atoms with Gasteiger partial charge >= 0.3 is 0 Å². The van der Waals surface area contributed by atoms with Gasteiger partial charge in [0.05, 0.1) is 18.5 Å². The Kier molecular flexibility index (Phi) is 7.02. The van der Waals surface area contributed by atoms with Crippen molar-refractivity contribution in [3.63, 3.8) is 0 Å². The first-order valence-corrected chi connectivity index (χ1v) is 11.4. The minimum Gasteiger partial charge on any atom is -0.352 e. The number of nitrogens with zero attached hydrogens (tertiary/aromatic N) is 1. The molecule has 3 aromatic carbocycles. The normalized spacial score (nSPS) is 11.2. The van der Waals surface area contributed by atoms with Crippen LogP contribution in [0, 0.1) is 11.6 Å². The lowest BCUT2D eigenvalue weighted by Crippen LogP contribution is -2.29. The molecule has 0 bridgehead atoms. The van der Waals surface area contributed by atoms with Gasteiger partial charge in [-0.05, 0) is 60.0 Å². The molecular formula is C23H22F2N2O3S. The standard InChI is InChI=1S/C23H22F2N2O3S/c1-31(29,30)27(22-4-2-3-21(25)15-22)16-18-5-9-19(10-6-18)23(28)26-14-13-17-7-11-20(24)12-8-17/h2-12,15H,13-14,16H2,1H3,(H,26,28). The smallest absolute Gasteiger partial charge is 0.251 e. The predicted octanol–water partition coefficient (Wildman–Crippen LogP) is 3.90. The van der Waals surface area contributed by atoms with Crippen LogP contribution in [0.1, 0.15) is 21.5 Å². The number of hydrogen-bond acceptors (Lipinski definition) is 3. The first kappa shape index (κ1) is 22.4. The quantitative estimate of drug-likeness (QED) is 0.573. The van der Waals surface area contributed by atoms with Crippen LogP contribution in [0.4, 0.5) is 14.5 Å². The monoisotopic (exact) mass is 444 g/mol. The van der Waals surface area contributed by atoms with Crippen LogP contribution in [0.3, 0.4) is 0 Å². The fourth-order valence-electron chi connectivity index (χ4n) is 3.03. The second-order valence-electron chi connectivity index (χ2n) is 7.08. The highest BCUT2D eigenvalue weighted by molar-refractivity contribution is 7.92. The zero-order valence-corrected chi connectivity index (χ0v) is 17.7. The van der Waals surface area contributed by atoms with Crippen LogP contribution in [0.15, 0.2) is 72.8 Å². The van der Waals surface area contributed by atoms with Crippen molar-refractivity contribution in [2.45, 2.75) is 13.0 Å². The van der Waals surface area contributed by atoms with Gasteiger partial charge < -0.3 is 5.32 Å². The number of sulfonamides is 1. The third-order valence-corrected chi connectivity index (χ3v) is 5.79. The minimum atomic E-state index is -3.64. The molecule has 0 aliphatic heterocycles. The highest BCUT2D eigenvalue weighted by Crippen LogP contribution is 2.21. The van der Waals surface area contributed by atoms with Crippen molar-refractivity contribution in [3.8, 4) is 0 Å². The Morgan fingerprint density at radius 2 is 1.55 bits per heavy atom. The maximum Gasteiger partial charge on any atom is 0.251 e. The number of carbonyl (C=O) groups is 1. The average molecular weight is 445 g/mol. The number of carbonyl (C=O) groups excluding carboxylic acids is 1. The maximum atomic E-state index is 13.5. The lowest BCUT2D eigenvalue weighted by Gasteiger charge is -2.22. The molecule has 162 valence electrons. The number of rotatable bonds is 8. The number of hydrogen-bond donors (Lipinski definition) is 1. The van der Waals surface area contributed by atoms with Crippen molar-refractivity contribution >= 4 is 21.6 Å². The number of anilines is 1. The third-order valence-electron chi connectivity index (χ3n) is 4.65. The number of nitrogens with one attached hydrogen (secondary N) is 1. The SMILES string of the molecule is CS(=O)(=O)N(Cc1ccc(C(=O)NCCc2ccc(F)cc2)cc1)c1cccc(F)c1. The first-order valence-electron chi connectivity index (χ1n) is 9.57. The van der Waals surface area contributed by atoms with Crippen molar-refractivity contribution in [1.29, 1.82) is 0 Å². The molecule has 0 heterocycles. The summed E-state index contributed by atoms with van der Waals surface area (Å²) in [5, 5.41) is 2.80. The summed E-state index contributed by atoms with van der Waals surface area (Å²) < 4.78 is 52.0. The molecule has 3 aromatic rings. The van der Waals surface area contributed by atoms with Crippen LogP contribution < -0.4 is 9.62 Å². The molecule has 0 saturated carbocycles. The van der Waals surface area contributed by atoms with Crippen molar-refractivity contribution in [1.82, 2.24) is 5.32 Å². The van der Waals surface area contributed by atoms with Gasteiger partial charge in [0.2, 0.25) is 10.0 Å². The van der Waals surface area contributed by atoms with Crippen molar-refractivity contribution in [2.75, 3.05) is 17.1 Å². The second kappa shape index (κ2) is 9.70. The summed E-state index contributed by atoms with van der Waals surface area (Å²) in [5.74, 6) is -1.10. The van der Waals surface area contributed by atoms with Gasteiger partial charge in [-0.25, -0.2) is 17.2 Å². The zero-order chi connectivity index (χ0) is 22.4.